The molecule has 0 aliphatic heterocycles. The Bertz CT molecular complexity index is 237. The van der Waals surface area contributed by atoms with Crippen LogP contribution < -0.4 is 16.0 Å². The number of hydrogen-bond donors (Lipinski definition) is 3. The van der Waals surface area contributed by atoms with Crippen molar-refractivity contribution < 1.29 is 9.59 Å². The summed E-state index contributed by atoms with van der Waals surface area (Å²) in [4.78, 5) is 22.6. The quantitative estimate of drug-likeness (QED) is 0.638. The molecule has 0 unspecified atom stereocenters. The molecule has 0 aromatic heterocycles. The Morgan fingerprint density at radius 3 is 2.20 bits per heavy atom. The van der Waals surface area contributed by atoms with Gasteiger partial charge in [-0.05, 0) is 27.7 Å². The molecule has 0 saturated heterocycles. The van der Waals surface area contributed by atoms with Crippen molar-refractivity contribution in [2.24, 2.45) is 5.41 Å². The van der Waals surface area contributed by atoms with Crippen LogP contribution in [0.1, 0.15) is 27.7 Å². The van der Waals surface area contributed by atoms with Crippen molar-refractivity contribution in [1.82, 2.24) is 16.0 Å². The Labute approximate surface area is 91.0 Å². The second-order valence-electron chi connectivity index (χ2n) is 4.44. The van der Waals surface area contributed by atoms with Crippen molar-refractivity contribution in [1.29, 1.82) is 0 Å². The van der Waals surface area contributed by atoms with Crippen molar-refractivity contribution in [3.63, 3.8) is 0 Å². The molecule has 0 aliphatic carbocycles. The van der Waals surface area contributed by atoms with Crippen LogP contribution in [0.4, 0.5) is 4.79 Å². The van der Waals surface area contributed by atoms with Gasteiger partial charge in [-0.25, -0.2) is 4.79 Å². The monoisotopic (exact) mass is 215 g/mol. The number of hydrogen-bond acceptors (Lipinski definition) is 2. The van der Waals surface area contributed by atoms with Gasteiger partial charge in [-0.2, -0.15) is 0 Å². The molecule has 0 aromatic rings. The average Bonchev–Trinajstić information content (AvgIpc) is 2.12. The first-order valence-corrected chi connectivity index (χ1v) is 5.06. The normalized spacial score (nSPS) is 11.1. The number of urea groups is 1. The minimum atomic E-state index is -0.594. The predicted molar refractivity (Wildman–Crippen MR) is 59.5 cm³/mol. The van der Waals surface area contributed by atoms with Gasteiger partial charge in [0, 0.05) is 19.6 Å². The van der Waals surface area contributed by atoms with Crippen LogP contribution in [0.3, 0.4) is 0 Å². The van der Waals surface area contributed by atoms with Gasteiger partial charge < -0.3 is 16.0 Å². The fraction of sp³-hybridized carbons (Fsp3) is 0.800. The predicted octanol–water partition coefficient (Wildman–Crippen LogP) is 0.466. The first kappa shape index (κ1) is 13.7. The van der Waals surface area contributed by atoms with E-state index in [1.54, 1.807) is 20.9 Å². The third-order valence-electron chi connectivity index (χ3n) is 1.95. The zero-order valence-corrected chi connectivity index (χ0v) is 10.1. The van der Waals surface area contributed by atoms with Gasteiger partial charge >= 0.3 is 6.03 Å². The van der Waals surface area contributed by atoms with E-state index < -0.39 is 5.41 Å². The Kier molecular flexibility index (Phi) is 5.11. The van der Waals surface area contributed by atoms with Crippen LogP contribution in [-0.4, -0.2) is 31.6 Å². The van der Waals surface area contributed by atoms with E-state index in [0.29, 0.717) is 6.54 Å². The largest absolute Gasteiger partial charge is 0.359 e. The summed E-state index contributed by atoms with van der Waals surface area (Å²) in [6.45, 7) is 7.63. The standard InChI is InChI=1S/C10H21N3O2/c1-7(2)13-9(15)12-6-10(3,4)8(14)11-5/h7H,6H2,1-5H3,(H,11,14)(H2,12,13,15). The molecule has 0 bridgehead atoms. The SMILES string of the molecule is CNC(=O)C(C)(C)CNC(=O)NC(C)C. The molecule has 5 nitrogen and oxygen atoms in total. The summed E-state index contributed by atoms with van der Waals surface area (Å²) < 4.78 is 0. The van der Waals surface area contributed by atoms with E-state index in [2.05, 4.69) is 16.0 Å². The van der Waals surface area contributed by atoms with E-state index in [-0.39, 0.29) is 18.0 Å². The lowest BCUT2D eigenvalue weighted by Gasteiger charge is -2.23. The first-order valence-electron chi connectivity index (χ1n) is 5.06. The van der Waals surface area contributed by atoms with E-state index in [1.165, 1.54) is 0 Å². The Morgan fingerprint density at radius 2 is 1.80 bits per heavy atom. The minimum absolute atomic E-state index is 0.0904. The van der Waals surface area contributed by atoms with Gasteiger partial charge in [-0.1, -0.05) is 0 Å². The van der Waals surface area contributed by atoms with E-state index in [1.807, 2.05) is 13.8 Å². The van der Waals surface area contributed by atoms with E-state index in [0.717, 1.165) is 0 Å². The molecule has 88 valence electrons. The number of carbonyl (C=O) groups is 2. The average molecular weight is 215 g/mol. The number of amides is 3. The topological polar surface area (TPSA) is 70.2 Å². The summed E-state index contributed by atoms with van der Waals surface area (Å²) in [7, 11) is 1.58. The molecule has 5 heteroatoms. The molecule has 0 aliphatic rings. The van der Waals surface area contributed by atoms with Crippen LogP contribution in [0, 0.1) is 5.41 Å². The van der Waals surface area contributed by atoms with Crippen LogP contribution >= 0.6 is 0 Å². The van der Waals surface area contributed by atoms with Gasteiger partial charge in [0.1, 0.15) is 0 Å². The first-order chi connectivity index (χ1) is 6.79. The third-order valence-corrected chi connectivity index (χ3v) is 1.95. The maximum atomic E-state index is 11.4. The number of carbonyl (C=O) groups excluding carboxylic acids is 2. The zero-order chi connectivity index (χ0) is 12.1. The van der Waals surface area contributed by atoms with Gasteiger partial charge in [0.05, 0.1) is 5.41 Å². The van der Waals surface area contributed by atoms with Crippen LogP contribution in [0.25, 0.3) is 0 Å². The van der Waals surface area contributed by atoms with E-state index >= 15 is 0 Å². The van der Waals surface area contributed by atoms with Crippen molar-refractivity contribution in [2.75, 3.05) is 13.6 Å². The zero-order valence-electron chi connectivity index (χ0n) is 10.1. The van der Waals surface area contributed by atoms with Gasteiger partial charge in [-0.15, -0.1) is 0 Å². The molecular formula is C10H21N3O2. The second kappa shape index (κ2) is 5.58. The summed E-state index contributed by atoms with van der Waals surface area (Å²) >= 11 is 0. The van der Waals surface area contributed by atoms with Gasteiger partial charge in [0.15, 0.2) is 0 Å². The van der Waals surface area contributed by atoms with Crippen LogP contribution in [0.2, 0.25) is 0 Å². The van der Waals surface area contributed by atoms with Crippen LogP contribution in [0.15, 0.2) is 0 Å². The Morgan fingerprint density at radius 1 is 1.27 bits per heavy atom. The van der Waals surface area contributed by atoms with Crippen molar-refractivity contribution in [3.05, 3.63) is 0 Å². The lowest BCUT2D eigenvalue weighted by molar-refractivity contribution is -0.128. The molecule has 0 heterocycles. The minimum Gasteiger partial charge on any atom is -0.359 e. The highest BCUT2D eigenvalue weighted by Gasteiger charge is 2.26. The van der Waals surface area contributed by atoms with Gasteiger partial charge in [0.2, 0.25) is 5.91 Å². The smallest absolute Gasteiger partial charge is 0.315 e. The molecule has 0 saturated carbocycles. The summed E-state index contributed by atoms with van der Waals surface area (Å²) in [6.07, 6.45) is 0. The van der Waals surface area contributed by atoms with Crippen molar-refractivity contribution in [3.8, 4) is 0 Å². The summed E-state index contributed by atoms with van der Waals surface area (Å²) in [6, 6.07) is -0.157. The van der Waals surface area contributed by atoms with E-state index in [9.17, 15) is 9.59 Å². The molecule has 3 N–H and O–H groups in total. The summed E-state index contributed by atoms with van der Waals surface area (Å²) in [5, 5.41) is 7.91. The fourth-order valence-corrected chi connectivity index (χ4v) is 1.03. The summed E-state index contributed by atoms with van der Waals surface area (Å²) in [5.74, 6) is -0.0904. The molecular weight excluding hydrogens is 194 g/mol. The van der Waals surface area contributed by atoms with Crippen molar-refractivity contribution in [2.45, 2.75) is 33.7 Å². The lowest BCUT2D eigenvalue weighted by atomic mass is 9.92. The number of rotatable bonds is 4. The van der Waals surface area contributed by atoms with Gasteiger partial charge in [0.25, 0.3) is 0 Å². The molecule has 15 heavy (non-hydrogen) atoms. The molecule has 0 spiro atoms. The van der Waals surface area contributed by atoms with Crippen LogP contribution in [0.5, 0.6) is 0 Å². The number of nitrogens with one attached hydrogen (secondary N) is 3. The summed E-state index contributed by atoms with van der Waals surface area (Å²) in [5.41, 5.74) is -0.594. The maximum absolute atomic E-state index is 11.4. The maximum Gasteiger partial charge on any atom is 0.315 e. The molecule has 0 radical (unpaired) electrons. The highest BCUT2D eigenvalue weighted by Crippen LogP contribution is 2.12. The molecule has 0 atom stereocenters. The second-order valence-corrected chi connectivity index (χ2v) is 4.44. The fourth-order valence-electron chi connectivity index (χ4n) is 1.03. The Balaban J connectivity index is 4.04. The highest BCUT2D eigenvalue weighted by molar-refractivity contribution is 5.82. The highest BCUT2D eigenvalue weighted by atomic mass is 16.2. The van der Waals surface area contributed by atoms with Crippen LogP contribution in [-0.2, 0) is 4.79 Å². The lowest BCUT2D eigenvalue weighted by Crippen LogP contribution is -2.47. The molecule has 0 rings (SSSR count). The van der Waals surface area contributed by atoms with Gasteiger partial charge in [-0.3, -0.25) is 4.79 Å². The van der Waals surface area contributed by atoms with Crippen molar-refractivity contribution >= 4 is 11.9 Å². The molecule has 0 aromatic carbocycles. The Hall–Kier alpha value is -1.26. The third kappa shape index (κ3) is 5.24. The molecule has 3 amide bonds. The van der Waals surface area contributed by atoms with E-state index in [4.69, 9.17) is 0 Å². The molecule has 0 fully saturated rings.